The van der Waals surface area contributed by atoms with Crippen molar-refractivity contribution in [3.05, 3.63) is 35.9 Å². The number of hydrogen-bond acceptors (Lipinski definition) is 5. The molecule has 0 fully saturated rings. The van der Waals surface area contributed by atoms with Crippen molar-refractivity contribution in [3.63, 3.8) is 0 Å². The molecule has 0 heterocycles. The normalized spacial score (nSPS) is 11.5. The van der Waals surface area contributed by atoms with Gasteiger partial charge in [-0.1, -0.05) is 30.3 Å². The van der Waals surface area contributed by atoms with E-state index in [1.54, 1.807) is 13.8 Å². The zero-order valence-electron chi connectivity index (χ0n) is 14.8. The number of carbonyl (C=O) groups is 1. The number of rotatable bonds is 12. The van der Waals surface area contributed by atoms with E-state index in [0.717, 1.165) is 12.0 Å². The molecule has 1 amide bonds. The summed E-state index contributed by atoms with van der Waals surface area (Å²) in [5, 5.41) is 1.31. The molecular formula is C17H28NO5P. The first kappa shape index (κ1) is 20.8. The van der Waals surface area contributed by atoms with Gasteiger partial charge < -0.3 is 9.05 Å². The molecule has 0 unspecified atom stereocenters. The fraction of sp³-hybridized carbons (Fsp3) is 0.588. The maximum absolute atomic E-state index is 12.4. The summed E-state index contributed by atoms with van der Waals surface area (Å²) in [6, 6.07) is 9.93. The molecule has 136 valence electrons. The molecule has 0 aliphatic carbocycles. The van der Waals surface area contributed by atoms with Gasteiger partial charge in [-0.05, 0) is 32.3 Å². The summed E-state index contributed by atoms with van der Waals surface area (Å²) >= 11 is 0. The lowest BCUT2D eigenvalue weighted by Crippen LogP contribution is -2.31. The van der Waals surface area contributed by atoms with Crippen LogP contribution in [0.4, 0.5) is 0 Å². The quantitative estimate of drug-likeness (QED) is 0.422. The molecule has 0 aromatic heterocycles. The average molecular weight is 357 g/mol. The smallest absolute Gasteiger partial charge is 0.309 e. The van der Waals surface area contributed by atoms with Gasteiger partial charge in [0.1, 0.15) is 0 Å². The van der Waals surface area contributed by atoms with Crippen molar-refractivity contribution in [2.75, 3.05) is 32.5 Å². The molecule has 0 aliphatic rings. The van der Waals surface area contributed by atoms with Gasteiger partial charge in [0, 0.05) is 13.5 Å². The Bertz CT molecular complexity index is 513. The van der Waals surface area contributed by atoms with Crippen molar-refractivity contribution in [1.29, 1.82) is 0 Å². The first-order chi connectivity index (χ1) is 11.5. The van der Waals surface area contributed by atoms with Crippen LogP contribution in [0.3, 0.4) is 0 Å². The molecule has 0 spiro atoms. The standard InChI is InChI=1S/C17H28NO5P/c1-4-22-24(20,23-5-2)15-9-13-18(16(3)19)21-14-12-17-10-7-6-8-11-17/h6-8,10-11H,4-5,9,12-15H2,1-3H3. The van der Waals surface area contributed by atoms with E-state index in [9.17, 15) is 9.36 Å². The van der Waals surface area contributed by atoms with Crippen LogP contribution in [0.5, 0.6) is 0 Å². The number of amides is 1. The lowest BCUT2D eigenvalue weighted by Gasteiger charge is -2.22. The second kappa shape index (κ2) is 11.4. The summed E-state index contributed by atoms with van der Waals surface area (Å²) in [7, 11) is -3.07. The number of nitrogens with zero attached hydrogens (tertiary/aromatic N) is 1. The number of hydrogen-bond donors (Lipinski definition) is 0. The Balaban J connectivity index is 2.40. The second-order valence-electron chi connectivity index (χ2n) is 5.21. The largest absolute Gasteiger partial charge is 0.330 e. The predicted molar refractivity (Wildman–Crippen MR) is 93.8 cm³/mol. The van der Waals surface area contributed by atoms with Gasteiger partial charge in [0.05, 0.1) is 26.0 Å². The van der Waals surface area contributed by atoms with Gasteiger partial charge in [0.25, 0.3) is 0 Å². The van der Waals surface area contributed by atoms with Gasteiger partial charge in [-0.3, -0.25) is 14.2 Å². The highest BCUT2D eigenvalue weighted by Gasteiger charge is 2.23. The minimum atomic E-state index is -3.07. The van der Waals surface area contributed by atoms with Gasteiger partial charge in [-0.25, -0.2) is 5.06 Å². The minimum absolute atomic E-state index is 0.175. The molecule has 1 rings (SSSR count). The van der Waals surface area contributed by atoms with Gasteiger partial charge in [0.15, 0.2) is 0 Å². The fourth-order valence-electron chi connectivity index (χ4n) is 2.20. The van der Waals surface area contributed by atoms with E-state index in [4.69, 9.17) is 13.9 Å². The third-order valence-electron chi connectivity index (χ3n) is 3.28. The van der Waals surface area contributed by atoms with E-state index in [0.29, 0.717) is 32.8 Å². The van der Waals surface area contributed by atoms with Gasteiger partial charge >= 0.3 is 7.60 Å². The summed E-state index contributed by atoms with van der Waals surface area (Å²) in [6.07, 6.45) is 1.48. The van der Waals surface area contributed by atoms with Crippen molar-refractivity contribution in [1.82, 2.24) is 5.06 Å². The van der Waals surface area contributed by atoms with Crippen LogP contribution >= 0.6 is 7.60 Å². The zero-order chi connectivity index (χ0) is 17.8. The Hall–Kier alpha value is -1.20. The number of benzene rings is 1. The zero-order valence-corrected chi connectivity index (χ0v) is 15.7. The third kappa shape index (κ3) is 8.06. The van der Waals surface area contributed by atoms with Crippen LogP contribution in [-0.4, -0.2) is 43.5 Å². The first-order valence-corrected chi connectivity index (χ1v) is 10.1. The predicted octanol–water partition coefficient (Wildman–Crippen LogP) is 3.67. The molecular weight excluding hydrogens is 329 g/mol. The first-order valence-electron chi connectivity index (χ1n) is 8.33. The van der Waals surface area contributed by atoms with E-state index in [1.807, 2.05) is 30.3 Å². The minimum Gasteiger partial charge on any atom is -0.309 e. The molecule has 7 heteroatoms. The Labute approximate surface area is 144 Å². The summed E-state index contributed by atoms with van der Waals surface area (Å²) in [5.74, 6) is -0.175. The highest BCUT2D eigenvalue weighted by atomic mass is 31.2. The van der Waals surface area contributed by atoms with E-state index in [-0.39, 0.29) is 12.1 Å². The fourth-order valence-corrected chi connectivity index (χ4v) is 3.85. The maximum Gasteiger partial charge on any atom is 0.330 e. The van der Waals surface area contributed by atoms with E-state index >= 15 is 0 Å². The molecule has 0 atom stereocenters. The van der Waals surface area contributed by atoms with Crippen LogP contribution in [0.1, 0.15) is 32.8 Å². The van der Waals surface area contributed by atoms with E-state index < -0.39 is 7.60 Å². The molecule has 0 aliphatic heterocycles. The van der Waals surface area contributed by atoms with Crippen LogP contribution in [0.2, 0.25) is 0 Å². The van der Waals surface area contributed by atoms with Crippen molar-refractivity contribution in [3.8, 4) is 0 Å². The Morgan fingerprint density at radius 2 is 1.75 bits per heavy atom. The van der Waals surface area contributed by atoms with Crippen molar-refractivity contribution in [2.24, 2.45) is 0 Å². The molecule has 0 saturated carbocycles. The van der Waals surface area contributed by atoms with Crippen LogP contribution in [0, 0.1) is 0 Å². The van der Waals surface area contributed by atoms with Gasteiger partial charge in [-0.15, -0.1) is 0 Å². The molecule has 24 heavy (non-hydrogen) atoms. The Morgan fingerprint density at radius 1 is 1.12 bits per heavy atom. The molecule has 6 nitrogen and oxygen atoms in total. The summed E-state index contributed by atoms with van der Waals surface area (Å²) < 4.78 is 22.9. The van der Waals surface area contributed by atoms with Crippen molar-refractivity contribution >= 4 is 13.5 Å². The van der Waals surface area contributed by atoms with Crippen LogP contribution in [0.25, 0.3) is 0 Å². The lowest BCUT2D eigenvalue weighted by atomic mass is 10.2. The van der Waals surface area contributed by atoms with Gasteiger partial charge in [0.2, 0.25) is 5.91 Å². The van der Waals surface area contributed by atoms with E-state index in [2.05, 4.69) is 0 Å². The molecule has 1 aromatic carbocycles. The molecule has 1 aromatic rings. The Morgan fingerprint density at radius 3 is 2.29 bits per heavy atom. The second-order valence-corrected chi connectivity index (χ2v) is 7.40. The van der Waals surface area contributed by atoms with Crippen LogP contribution in [0.15, 0.2) is 30.3 Å². The van der Waals surface area contributed by atoms with Crippen molar-refractivity contribution < 1.29 is 23.2 Å². The molecule has 0 N–H and O–H groups in total. The number of hydroxylamine groups is 2. The third-order valence-corrected chi connectivity index (χ3v) is 5.44. The van der Waals surface area contributed by atoms with Crippen molar-refractivity contribution in [2.45, 2.75) is 33.6 Å². The van der Waals surface area contributed by atoms with Gasteiger partial charge in [-0.2, -0.15) is 0 Å². The van der Waals surface area contributed by atoms with E-state index in [1.165, 1.54) is 12.0 Å². The topological polar surface area (TPSA) is 65.1 Å². The average Bonchev–Trinajstić information content (AvgIpc) is 2.54. The monoisotopic (exact) mass is 357 g/mol. The summed E-state index contributed by atoms with van der Waals surface area (Å²) in [4.78, 5) is 17.2. The Kier molecular flexibility index (Phi) is 9.88. The van der Waals surface area contributed by atoms with Crippen LogP contribution < -0.4 is 0 Å². The highest BCUT2D eigenvalue weighted by molar-refractivity contribution is 7.53. The summed E-state index contributed by atoms with van der Waals surface area (Å²) in [6.45, 7) is 6.45. The SMILES string of the molecule is CCOP(=O)(CCCN(OCCc1ccccc1)C(C)=O)OCC. The molecule has 0 bridgehead atoms. The number of carbonyl (C=O) groups excluding carboxylic acids is 1. The van der Waals surface area contributed by atoms with Crippen LogP contribution in [-0.2, 0) is 29.7 Å². The lowest BCUT2D eigenvalue weighted by molar-refractivity contribution is -0.183. The molecule has 0 saturated heterocycles. The maximum atomic E-state index is 12.4. The summed E-state index contributed by atoms with van der Waals surface area (Å²) in [5.41, 5.74) is 1.15. The highest BCUT2D eigenvalue weighted by Crippen LogP contribution is 2.48. The molecule has 0 radical (unpaired) electrons.